The summed E-state index contributed by atoms with van der Waals surface area (Å²) in [6, 6.07) is 7.73. The van der Waals surface area contributed by atoms with E-state index in [1.54, 1.807) is 17.8 Å². The van der Waals surface area contributed by atoms with E-state index in [2.05, 4.69) is 34.9 Å². The SMILES string of the molecule is C/C=C\C(=C/C(C)N1CCC(n2c(=O)[nH]c3ncccc32)CC1)C(=O)c1cc(C)c2c(c1)[pH]c(=O)n2C.C=C. The Balaban J connectivity index is 0.00000172. The van der Waals surface area contributed by atoms with Crippen molar-refractivity contribution in [1.29, 1.82) is 0 Å². The lowest BCUT2D eigenvalue weighted by atomic mass is 9.97. The number of aromatic amines is 1. The van der Waals surface area contributed by atoms with Crippen molar-refractivity contribution in [2.45, 2.75) is 45.7 Å². The van der Waals surface area contributed by atoms with Crippen molar-refractivity contribution in [3.05, 3.63) is 99.1 Å². The van der Waals surface area contributed by atoms with Crippen molar-refractivity contribution in [2.75, 3.05) is 13.1 Å². The Morgan fingerprint density at radius 2 is 1.95 bits per heavy atom. The number of aromatic nitrogens is 4. The summed E-state index contributed by atoms with van der Waals surface area (Å²) in [6.07, 6.45) is 9.17. The molecule has 0 radical (unpaired) electrons. The number of piperidine rings is 1. The van der Waals surface area contributed by atoms with Gasteiger partial charge in [-0.25, -0.2) is 9.78 Å². The van der Waals surface area contributed by atoms with Crippen LogP contribution in [0.1, 0.15) is 48.7 Å². The summed E-state index contributed by atoms with van der Waals surface area (Å²) in [5.41, 5.74) is 4.50. The number of hydrogen-bond acceptors (Lipinski definition) is 5. The van der Waals surface area contributed by atoms with Crippen LogP contribution >= 0.6 is 8.19 Å². The van der Waals surface area contributed by atoms with Crippen LogP contribution in [0.5, 0.6) is 0 Å². The first-order chi connectivity index (χ1) is 18.8. The minimum absolute atomic E-state index is 0.0321. The van der Waals surface area contributed by atoms with Gasteiger partial charge < -0.3 is 4.57 Å². The average molecular weight is 546 g/mol. The first kappa shape index (κ1) is 28.3. The summed E-state index contributed by atoms with van der Waals surface area (Å²) >= 11 is 0. The highest BCUT2D eigenvalue weighted by molar-refractivity contribution is 7.35. The van der Waals surface area contributed by atoms with Crippen LogP contribution in [0.2, 0.25) is 0 Å². The topological polar surface area (TPSA) is 93.0 Å². The number of pyridine rings is 1. The monoisotopic (exact) mass is 545 g/mol. The maximum atomic E-state index is 13.6. The molecule has 0 aliphatic carbocycles. The van der Waals surface area contributed by atoms with Crippen LogP contribution in [0, 0.1) is 6.92 Å². The maximum Gasteiger partial charge on any atom is 0.327 e. The second-order valence-corrected chi connectivity index (χ2v) is 11.0. The fourth-order valence-electron chi connectivity index (χ4n) is 5.54. The summed E-state index contributed by atoms with van der Waals surface area (Å²) in [5, 5.41) is 1.02. The smallest absolute Gasteiger partial charge is 0.308 e. The highest BCUT2D eigenvalue weighted by atomic mass is 31.0. The molecular weight excluding hydrogens is 509 g/mol. The Morgan fingerprint density at radius 3 is 2.64 bits per heavy atom. The lowest BCUT2D eigenvalue weighted by Gasteiger charge is -2.35. The van der Waals surface area contributed by atoms with Crippen molar-refractivity contribution in [2.24, 2.45) is 7.05 Å². The average Bonchev–Trinajstić information content (AvgIpc) is 3.43. The van der Waals surface area contributed by atoms with E-state index in [4.69, 9.17) is 0 Å². The number of hydrogen-bond donors (Lipinski definition) is 1. The van der Waals surface area contributed by atoms with Gasteiger partial charge in [-0.2, -0.15) is 0 Å². The van der Waals surface area contributed by atoms with Crippen LogP contribution in [-0.4, -0.2) is 48.9 Å². The number of imidazole rings is 1. The Labute approximate surface area is 229 Å². The largest absolute Gasteiger partial charge is 0.327 e. The van der Waals surface area contributed by atoms with Gasteiger partial charge in [0.05, 0.1) is 11.0 Å². The molecule has 0 amide bonds. The van der Waals surface area contributed by atoms with Gasteiger partial charge in [-0.05, 0) is 63.4 Å². The van der Waals surface area contributed by atoms with E-state index in [0.29, 0.717) is 16.8 Å². The van der Waals surface area contributed by atoms with Gasteiger partial charge in [0.2, 0.25) is 0 Å². The second-order valence-electron chi connectivity index (χ2n) is 9.81. The number of H-pyrrole nitrogens is 1. The molecule has 4 aromatic rings. The van der Waals surface area contributed by atoms with Gasteiger partial charge in [0, 0.05) is 54.7 Å². The van der Waals surface area contributed by atoms with E-state index >= 15 is 0 Å². The highest BCUT2D eigenvalue weighted by Gasteiger charge is 2.26. The van der Waals surface area contributed by atoms with E-state index in [1.807, 2.05) is 60.9 Å². The quantitative estimate of drug-likeness (QED) is 0.157. The Bertz CT molecular complexity index is 1680. The second kappa shape index (κ2) is 12.0. The molecule has 0 bridgehead atoms. The predicted molar refractivity (Wildman–Crippen MR) is 162 cm³/mol. The first-order valence-corrected chi connectivity index (χ1v) is 14.2. The number of fused-ring (bicyclic) bond motifs is 2. The lowest BCUT2D eigenvalue weighted by molar-refractivity contribution is 0.103. The van der Waals surface area contributed by atoms with Crippen molar-refractivity contribution < 1.29 is 4.79 Å². The summed E-state index contributed by atoms with van der Waals surface area (Å²) in [5.74, 6) is -0.0321. The van der Waals surface area contributed by atoms with Crippen LogP contribution in [0.15, 0.2) is 77.0 Å². The molecule has 9 heteroatoms. The normalized spacial score (nSPS) is 16.3. The number of benzene rings is 1. The third-order valence-electron chi connectivity index (χ3n) is 7.40. The third-order valence-corrected chi connectivity index (χ3v) is 8.60. The molecule has 39 heavy (non-hydrogen) atoms. The first-order valence-electron chi connectivity index (χ1n) is 13.2. The fraction of sp³-hybridized carbons (Fsp3) is 0.333. The number of ketones is 1. The Morgan fingerprint density at radius 1 is 1.23 bits per heavy atom. The molecule has 0 saturated carbocycles. The minimum Gasteiger partial charge on any atom is -0.308 e. The van der Waals surface area contributed by atoms with Gasteiger partial charge in [0.1, 0.15) is 0 Å². The van der Waals surface area contributed by atoms with Crippen molar-refractivity contribution in [3.8, 4) is 0 Å². The zero-order valence-corrected chi connectivity index (χ0v) is 24.0. The zero-order valence-electron chi connectivity index (χ0n) is 23.0. The highest BCUT2D eigenvalue weighted by Crippen LogP contribution is 2.28. The molecule has 0 spiro atoms. The molecular formula is C30H36N5O3P. The summed E-state index contributed by atoms with van der Waals surface area (Å²) in [4.78, 5) is 47.8. The molecule has 5 rings (SSSR count). The molecule has 1 aliphatic heterocycles. The summed E-state index contributed by atoms with van der Waals surface area (Å²) < 4.78 is 3.53. The predicted octanol–water partition coefficient (Wildman–Crippen LogP) is 5.13. The van der Waals surface area contributed by atoms with Crippen molar-refractivity contribution >= 4 is 35.8 Å². The maximum absolute atomic E-state index is 13.6. The van der Waals surface area contributed by atoms with Crippen LogP contribution in [0.25, 0.3) is 21.8 Å². The lowest BCUT2D eigenvalue weighted by Crippen LogP contribution is -2.41. The van der Waals surface area contributed by atoms with Crippen LogP contribution in [-0.2, 0) is 7.05 Å². The number of carbonyl (C=O) groups is 1. The molecule has 2 atom stereocenters. The molecule has 1 fully saturated rings. The Kier molecular flexibility index (Phi) is 8.68. The van der Waals surface area contributed by atoms with Gasteiger partial charge in [-0.3, -0.25) is 24.0 Å². The summed E-state index contributed by atoms with van der Waals surface area (Å²) in [7, 11) is 1.84. The van der Waals surface area contributed by atoms with Gasteiger partial charge in [-0.15, -0.1) is 13.2 Å². The van der Waals surface area contributed by atoms with Crippen LogP contribution in [0.4, 0.5) is 0 Å². The van der Waals surface area contributed by atoms with Crippen LogP contribution in [0.3, 0.4) is 0 Å². The molecule has 1 aromatic carbocycles. The number of likely N-dealkylation sites (tertiary alicyclic amines) is 1. The zero-order chi connectivity index (χ0) is 28.3. The number of allylic oxidation sites excluding steroid dienone is 3. The molecule has 2 unspecified atom stereocenters. The fourth-order valence-corrected chi connectivity index (χ4v) is 6.76. The van der Waals surface area contributed by atoms with E-state index in [0.717, 1.165) is 47.6 Å². The van der Waals surface area contributed by atoms with E-state index in [-0.39, 0.29) is 37.0 Å². The number of aryl methyl sites for hydroxylation is 2. The van der Waals surface area contributed by atoms with Gasteiger partial charge in [0.15, 0.2) is 11.4 Å². The van der Waals surface area contributed by atoms with Gasteiger partial charge in [-0.1, -0.05) is 26.4 Å². The van der Waals surface area contributed by atoms with Crippen LogP contribution < -0.4 is 11.0 Å². The van der Waals surface area contributed by atoms with E-state index in [9.17, 15) is 14.4 Å². The molecule has 1 aliphatic rings. The standard InChI is InChI=1S/C28H32N5O3P.C2H4/c1-5-7-19(25(34)20-14-17(2)24-23(16-20)37-28(36)31(24)4)15-18(3)32-12-9-21(10-13-32)33-22-8-6-11-29-26(22)30-27(33)35;1-2/h5-8,11,14-16,18,21,37H,9-10,12-13H2,1-4H3,(H,29,30,35);1-2H2/b7-5-,19-15+;. The third kappa shape index (κ3) is 5.54. The number of carbonyl (C=O) groups excluding carboxylic acids is 1. The molecule has 204 valence electrons. The number of rotatable bonds is 6. The van der Waals surface area contributed by atoms with E-state index < -0.39 is 0 Å². The Hall–Kier alpha value is -3.74. The minimum atomic E-state index is -0.112. The van der Waals surface area contributed by atoms with E-state index in [1.165, 1.54) is 0 Å². The molecule has 1 N–H and O–H groups in total. The number of nitrogens with zero attached hydrogens (tertiary/aromatic N) is 4. The summed E-state index contributed by atoms with van der Waals surface area (Å²) in [6.45, 7) is 13.6. The van der Waals surface area contributed by atoms with Gasteiger partial charge >= 0.3 is 5.69 Å². The van der Waals surface area contributed by atoms with Crippen molar-refractivity contribution in [3.63, 3.8) is 0 Å². The molecule has 8 nitrogen and oxygen atoms in total. The van der Waals surface area contributed by atoms with Gasteiger partial charge in [0.25, 0.3) is 5.29 Å². The van der Waals surface area contributed by atoms with Crippen molar-refractivity contribution in [1.82, 2.24) is 24.0 Å². The number of Topliss-reactive ketones (excluding diaryl/α,β-unsaturated/α-hetero) is 1. The molecule has 4 heterocycles. The number of nitrogens with one attached hydrogen (secondary N) is 1. The molecule has 3 aromatic heterocycles. The molecule has 1 saturated heterocycles.